The number of halogens is 2. The molecule has 0 aromatic heterocycles. The monoisotopic (exact) mass is 286 g/mol. The molecule has 0 saturated carbocycles. The zero-order valence-corrected chi connectivity index (χ0v) is 11.8. The predicted octanol–water partition coefficient (Wildman–Crippen LogP) is 2.99. The standard InChI is InChI=1S/C13H16ClFN2O2/c1-8(18)16-9-4-5-10(15)11(6-9)17-12(19)13(2,3)7-14/h4-6H,7H2,1-3H3,(H,16,18)(H,17,19). The van der Waals surface area contributed by atoms with Gasteiger partial charge in [-0.15, -0.1) is 11.6 Å². The van der Waals surface area contributed by atoms with E-state index in [0.717, 1.165) is 0 Å². The molecule has 0 bridgehead atoms. The van der Waals surface area contributed by atoms with E-state index in [1.165, 1.54) is 25.1 Å². The first-order valence-corrected chi connectivity index (χ1v) is 6.24. The van der Waals surface area contributed by atoms with Crippen LogP contribution in [0.4, 0.5) is 15.8 Å². The van der Waals surface area contributed by atoms with Gasteiger partial charge in [0.1, 0.15) is 5.82 Å². The van der Waals surface area contributed by atoms with Crippen LogP contribution in [-0.4, -0.2) is 17.7 Å². The maximum Gasteiger partial charge on any atom is 0.231 e. The summed E-state index contributed by atoms with van der Waals surface area (Å²) in [6, 6.07) is 3.95. The molecule has 104 valence electrons. The number of anilines is 2. The molecule has 19 heavy (non-hydrogen) atoms. The summed E-state index contributed by atoms with van der Waals surface area (Å²) in [5.41, 5.74) is -0.389. The van der Waals surface area contributed by atoms with Crippen LogP contribution >= 0.6 is 11.6 Å². The van der Waals surface area contributed by atoms with Crippen molar-refractivity contribution in [3.63, 3.8) is 0 Å². The fourth-order valence-corrected chi connectivity index (χ4v) is 1.38. The SMILES string of the molecule is CC(=O)Nc1ccc(F)c(NC(=O)C(C)(C)CCl)c1. The molecule has 0 heterocycles. The first-order chi connectivity index (χ1) is 8.76. The Morgan fingerprint density at radius 1 is 1.32 bits per heavy atom. The largest absolute Gasteiger partial charge is 0.326 e. The van der Waals surface area contributed by atoms with Gasteiger partial charge in [0.2, 0.25) is 11.8 Å². The molecule has 0 radical (unpaired) electrons. The minimum Gasteiger partial charge on any atom is -0.326 e. The maximum atomic E-state index is 13.6. The summed E-state index contributed by atoms with van der Waals surface area (Å²) in [6.45, 7) is 4.66. The second kappa shape index (κ2) is 6.02. The molecule has 0 aliphatic heterocycles. The molecule has 0 fully saturated rings. The Bertz CT molecular complexity index is 503. The Hall–Kier alpha value is -1.62. The number of carbonyl (C=O) groups is 2. The van der Waals surface area contributed by atoms with Crippen LogP contribution in [0.25, 0.3) is 0 Å². The molecule has 6 heteroatoms. The molecule has 1 aromatic rings. The number of alkyl halides is 1. The lowest BCUT2D eigenvalue weighted by Crippen LogP contribution is -2.32. The molecule has 4 nitrogen and oxygen atoms in total. The Balaban J connectivity index is 2.94. The van der Waals surface area contributed by atoms with E-state index in [0.29, 0.717) is 5.69 Å². The van der Waals surface area contributed by atoms with E-state index in [9.17, 15) is 14.0 Å². The van der Waals surface area contributed by atoms with Crippen LogP contribution in [-0.2, 0) is 9.59 Å². The van der Waals surface area contributed by atoms with Crippen molar-refractivity contribution >= 4 is 34.8 Å². The lowest BCUT2D eigenvalue weighted by atomic mass is 9.95. The Labute approximate surface area is 116 Å². The summed E-state index contributed by atoms with van der Waals surface area (Å²) in [5, 5.41) is 4.98. The van der Waals surface area contributed by atoms with E-state index in [1.54, 1.807) is 13.8 Å². The van der Waals surface area contributed by atoms with Gasteiger partial charge in [-0.2, -0.15) is 0 Å². The fourth-order valence-electron chi connectivity index (χ4n) is 1.25. The summed E-state index contributed by atoms with van der Waals surface area (Å²) in [4.78, 5) is 22.8. The van der Waals surface area contributed by atoms with E-state index >= 15 is 0 Å². The molecular formula is C13H16ClFN2O2. The molecule has 2 amide bonds. The van der Waals surface area contributed by atoms with Gasteiger partial charge in [-0.25, -0.2) is 4.39 Å². The molecule has 0 unspecified atom stereocenters. The zero-order chi connectivity index (χ0) is 14.6. The second-order valence-corrected chi connectivity index (χ2v) is 5.11. The first-order valence-electron chi connectivity index (χ1n) is 5.71. The summed E-state index contributed by atoms with van der Waals surface area (Å²) < 4.78 is 13.6. The van der Waals surface area contributed by atoms with Crippen LogP contribution in [0.2, 0.25) is 0 Å². The highest BCUT2D eigenvalue weighted by atomic mass is 35.5. The minimum atomic E-state index is -0.808. The quantitative estimate of drug-likeness (QED) is 0.836. The molecular weight excluding hydrogens is 271 g/mol. The Morgan fingerprint density at radius 2 is 1.95 bits per heavy atom. The Kier molecular flexibility index (Phi) is 4.89. The molecule has 0 saturated heterocycles. The summed E-state index contributed by atoms with van der Waals surface area (Å²) in [5.74, 6) is -1.12. The van der Waals surface area contributed by atoms with Crippen molar-refractivity contribution in [2.75, 3.05) is 16.5 Å². The predicted molar refractivity (Wildman–Crippen MR) is 73.8 cm³/mol. The summed E-state index contributed by atoms with van der Waals surface area (Å²) in [7, 11) is 0. The molecule has 0 spiro atoms. The molecule has 2 N–H and O–H groups in total. The van der Waals surface area contributed by atoms with E-state index in [2.05, 4.69) is 10.6 Å². The van der Waals surface area contributed by atoms with Crippen molar-refractivity contribution in [1.82, 2.24) is 0 Å². The van der Waals surface area contributed by atoms with E-state index in [4.69, 9.17) is 11.6 Å². The van der Waals surface area contributed by atoms with Crippen LogP contribution in [0.5, 0.6) is 0 Å². The van der Waals surface area contributed by atoms with E-state index in [-0.39, 0.29) is 23.4 Å². The van der Waals surface area contributed by atoms with Gasteiger partial charge in [0.15, 0.2) is 0 Å². The average molecular weight is 287 g/mol. The van der Waals surface area contributed by atoms with Crippen molar-refractivity contribution in [3.05, 3.63) is 24.0 Å². The molecule has 1 rings (SSSR count). The van der Waals surface area contributed by atoms with Crippen LogP contribution in [0.1, 0.15) is 20.8 Å². The lowest BCUT2D eigenvalue weighted by molar-refractivity contribution is -0.123. The Morgan fingerprint density at radius 3 is 2.47 bits per heavy atom. The summed E-state index contributed by atoms with van der Waals surface area (Å²) >= 11 is 5.68. The van der Waals surface area contributed by atoms with E-state index in [1.807, 2.05) is 0 Å². The third kappa shape index (κ3) is 4.21. The van der Waals surface area contributed by atoms with Gasteiger partial charge in [0, 0.05) is 18.5 Å². The first kappa shape index (κ1) is 15.4. The minimum absolute atomic E-state index is 0.00874. The van der Waals surface area contributed by atoms with Crippen molar-refractivity contribution in [3.8, 4) is 0 Å². The molecule has 0 aliphatic carbocycles. The van der Waals surface area contributed by atoms with Gasteiger partial charge in [-0.3, -0.25) is 9.59 Å². The number of nitrogens with one attached hydrogen (secondary N) is 2. The van der Waals surface area contributed by atoms with Crippen LogP contribution in [0, 0.1) is 11.2 Å². The second-order valence-electron chi connectivity index (χ2n) is 4.85. The van der Waals surface area contributed by atoms with Gasteiger partial charge < -0.3 is 10.6 Å². The number of benzene rings is 1. The number of rotatable bonds is 4. The van der Waals surface area contributed by atoms with Crippen molar-refractivity contribution < 1.29 is 14.0 Å². The highest BCUT2D eigenvalue weighted by Crippen LogP contribution is 2.24. The third-order valence-corrected chi connectivity index (χ3v) is 3.15. The number of amides is 2. The van der Waals surface area contributed by atoms with Gasteiger partial charge >= 0.3 is 0 Å². The van der Waals surface area contributed by atoms with E-state index < -0.39 is 11.2 Å². The zero-order valence-electron chi connectivity index (χ0n) is 11.0. The van der Waals surface area contributed by atoms with Gasteiger partial charge in [-0.05, 0) is 32.0 Å². The van der Waals surface area contributed by atoms with Crippen molar-refractivity contribution in [1.29, 1.82) is 0 Å². The smallest absolute Gasteiger partial charge is 0.231 e. The molecule has 0 aliphatic rings. The normalized spacial score (nSPS) is 11.0. The van der Waals surface area contributed by atoms with Crippen LogP contribution in [0.15, 0.2) is 18.2 Å². The maximum absolute atomic E-state index is 13.6. The number of hydrogen-bond donors (Lipinski definition) is 2. The fraction of sp³-hybridized carbons (Fsp3) is 0.385. The summed E-state index contributed by atoms with van der Waals surface area (Å²) in [6.07, 6.45) is 0. The van der Waals surface area contributed by atoms with Gasteiger partial charge in [-0.1, -0.05) is 0 Å². The van der Waals surface area contributed by atoms with Crippen LogP contribution in [0.3, 0.4) is 0 Å². The molecule has 1 aromatic carbocycles. The number of carbonyl (C=O) groups excluding carboxylic acids is 2. The van der Waals surface area contributed by atoms with Crippen LogP contribution < -0.4 is 10.6 Å². The molecule has 0 atom stereocenters. The highest BCUT2D eigenvalue weighted by Gasteiger charge is 2.27. The average Bonchev–Trinajstić information content (AvgIpc) is 2.32. The van der Waals surface area contributed by atoms with Gasteiger partial charge in [0.05, 0.1) is 11.1 Å². The number of hydrogen-bond acceptors (Lipinski definition) is 2. The van der Waals surface area contributed by atoms with Crippen molar-refractivity contribution in [2.24, 2.45) is 5.41 Å². The topological polar surface area (TPSA) is 58.2 Å². The van der Waals surface area contributed by atoms with Gasteiger partial charge in [0.25, 0.3) is 0 Å². The third-order valence-electron chi connectivity index (χ3n) is 2.48. The highest BCUT2D eigenvalue weighted by molar-refractivity contribution is 6.20. The van der Waals surface area contributed by atoms with Crippen molar-refractivity contribution in [2.45, 2.75) is 20.8 Å². The lowest BCUT2D eigenvalue weighted by Gasteiger charge is -2.20.